The Morgan fingerprint density at radius 3 is 2.65 bits per heavy atom. The van der Waals surface area contributed by atoms with Gasteiger partial charge in [-0.05, 0) is 35.4 Å². The Morgan fingerprint density at radius 2 is 1.95 bits per heavy atom. The van der Waals surface area contributed by atoms with Crippen molar-refractivity contribution in [3.63, 3.8) is 0 Å². The molecule has 2 aromatic carbocycles. The van der Waals surface area contributed by atoms with Gasteiger partial charge in [0.1, 0.15) is 12.4 Å². The molecular weight excluding hydrogens is 282 g/mol. The summed E-state index contributed by atoms with van der Waals surface area (Å²) < 4.78 is 5.48. The van der Waals surface area contributed by atoms with Crippen molar-refractivity contribution in [2.24, 2.45) is 0 Å². The molecule has 0 unspecified atom stereocenters. The Bertz CT molecular complexity index is 600. The Kier molecular flexibility index (Phi) is 4.32. The molecule has 0 aliphatic rings. The van der Waals surface area contributed by atoms with Crippen LogP contribution >= 0.6 is 11.6 Å². The van der Waals surface area contributed by atoms with Crippen molar-refractivity contribution < 1.29 is 14.5 Å². The van der Waals surface area contributed by atoms with Crippen LogP contribution in [0.15, 0.2) is 48.5 Å². The number of ether oxygens (including phenoxy) is 1. The van der Waals surface area contributed by atoms with Crippen molar-refractivity contribution in [2.45, 2.75) is 6.61 Å². The Labute approximate surface area is 119 Å². The van der Waals surface area contributed by atoms with E-state index in [1.54, 1.807) is 30.3 Å². The fraction of sp³-hybridized carbons (Fsp3) is 0.0714. The second-order valence-corrected chi connectivity index (χ2v) is 4.36. The van der Waals surface area contributed by atoms with Crippen LogP contribution in [0.1, 0.15) is 15.9 Å². The van der Waals surface area contributed by atoms with Gasteiger partial charge in [-0.15, -0.1) is 0 Å². The first kappa shape index (κ1) is 14.0. The average Bonchev–Trinajstić information content (AvgIpc) is 2.45. The zero-order valence-electron chi connectivity index (χ0n) is 10.3. The van der Waals surface area contributed by atoms with Crippen LogP contribution in [0.3, 0.4) is 0 Å². The van der Waals surface area contributed by atoms with E-state index in [1.165, 1.54) is 18.2 Å². The zero-order chi connectivity index (χ0) is 14.5. The molecule has 6 heteroatoms. The van der Waals surface area contributed by atoms with E-state index < -0.39 is 10.2 Å². The molecule has 0 N–H and O–H groups in total. The zero-order valence-corrected chi connectivity index (χ0v) is 11.0. The summed E-state index contributed by atoms with van der Waals surface area (Å²) in [4.78, 5) is 21.2. The molecule has 0 spiro atoms. The molecular formula is C14H10ClNO4. The molecule has 0 aliphatic heterocycles. The molecule has 0 amide bonds. The Hall–Kier alpha value is -2.40. The standard InChI is InChI=1S/C14H10ClNO4/c15-14(17)11-4-2-6-13(8-11)20-9-10-3-1-5-12(7-10)16(18)19/h1-8H,9H2. The molecule has 0 radical (unpaired) electrons. The first-order valence-electron chi connectivity index (χ1n) is 5.72. The van der Waals surface area contributed by atoms with Gasteiger partial charge in [0.15, 0.2) is 0 Å². The van der Waals surface area contributed by atoms with Gasteiger partial charge in [-0.3, -0.25) is 14.9 Å². The van der Waals surface area contributed by atoms with Crippen LogP contribution < -0.4 is 4.74 Å². The van der Waals surface area contributed by atoms with Crippen LogP contribution in [0.5, 0.6) is 5.75 Å². The smallest absolute Gasteiger partial charge is 0.269 e. The fourth-order valence-corrected chi connectivity index (χ4v) is 1.75. The largest absolute Gasteiger partial charge is 0.489 e. The topological polar surface area (TPSA) is 69.4 Å². The Balaban J connectivity index is 2.08. The molecule has 0 aromatic heterocycles. The quantitative estimate of drug-likeness (QED) is 0.480. The number of carbonyl (C=O) groups is 1. The summed E-state index contributed by atoms with van der Waals surface area (Å²) in [6.45, 7) is 0.168. The van der Waals surface area contributed by atoms with Gasteiger partial charge in [0.2, 0.25) is 0 Å². The average molecular weight is 292 g/mol. The lowest BCUT2D eigenvalue weighted by Gasteiger charge is -2.06. The highest BCUT2D eigenvalue weighted by molar-refractivity contribution is 6.67. The van der Waals surface area contributed by atoms with E-state index in [0.717, 1.165) is 0 Å². The van der Waals surface area contributed by atoms with E-state index >= 15 is 0 Å². The van der Waals surface area contributed by atoms with Crippen LogP contribution in [0.4, 0.5) is 5.69 Å². The van der Waals surface area contributed by atoms with Crippen LogP contribution in [0.25, 0.3) is 0 Å². The number of nitro benzene ring substituents is 1. The summed E-state index contributed by atoms with van der Waals surface area (Å²) in [6.07, 6.45) is 0. The van der Waals surface area contributed by atoms with E-state index in [9.17, 15) is 14.9 Å². The molecule has 2 rings (SSSR count). The molecule has 0 aliphatic carbocycles. The van der Waals surface area contributed by atoms with Crippen molar-refractivity contribution in [1.82, 2.24) is 0 Å². The van der Waals surface area contributed by atoms with Gasteiger partial charge >= 0.3 is 0 Å². The third-order valence-corrected chi connectivity index (χ3v) is 2.81. The van der Waals surface area contributed by atoms with Crippen LogP contribution in [0.2, 0.25) is 0 Å². The number of nitro groups is 1. The van der Waals surface area contributed by atoms with Crippen LogP contribution in [-0.2, 0) is 6.61 Å². The van der Waals surface area contributed by atoms with Gasteiger partial charge in [-0.25, -0.2) is 0 Å². The molecule has 0 saturated heterocycles. The van der Waals surface area contributed by atoms with Gasteiger partial charge in [0.05, 0.1) is 4.92 Å². The molecule has 0 bridgehead atoms. The van der Waals surface area contributed by atoms with Crippen molar-refractivity contribution in [2.75, 3.05) is 0 Å². The van der Waals surface area contributed by atoms with Crippen LogP contribution in [-0.4, -0.2) is 10.2 Å². The first-order chi connectivity index (χ1) is 9.56. The van der Waals surface area contributed by atoms with Gasteiger partial charge in [0, 0.05) is 17.7 Å². The number of non-ortho nitro benzene ring substituents is 1. The third-order valence-electron chi connectivity index (χ3n) is 2.59. The van der Waals surface area contributed by atoms with Crippen molar-refractivity contribution in [3.8, 4) is 5.75 Å². The second-order valence-electron chi connectivity index (χ2n) is 4.02. The summed E-state index contributed by atoms with van der Waals surface area (Å²) in [6, 6.07) is 12.6. The van der Waals surface area contributed by atoms with E-state index in [-0.39, 0.29) is 12.3 Å². The van der Waals surface area contributed by atoms with Gasteiger partial charge < -0.3 is 4.74 Å². The lowest BCUT2D eigenvalue weighted by atomic mass is 10.2. The number of hydrogen-bond donors (Lipinski definition) is 0. The van der Waals surface area contributed by atoms with E-state index in [4.69, 9.17) is 16.3 Å². The molecule has 20 heavy (non-hydrogen) atoms. The number of halogens is 1. The molecule has 0 atom stereocenters. The van der Waals surface area contributed by atoms with Gasteiger partial charge in [-0.2, -0.15) is 0 Å². The lowest BCUT2D eigenvalue weighted by molar-refractivity contribution is -0.384. The SMILES string of the molecule is O=C(Cl)c1cccc(OCc2cccc([N+](=O)[O-])c2)c1. The minimum Gasteiger partial charge on any atom is -0.489 e. The molecule has 5 nitrogen and oxygen atoms in total. The molecule has 0 saturated carbocycles. The van der Waals surface area contributed by atoms with Gasteiger partial charge in [-0.1, -0.05) is 18.2 Å². The highest BCUT2D eigenvalue weighted by atomic mass is 35.5. The first-order valence-corrected chi connectivity index (χ1v) is 6.10. The van der Waals surface area contributed by atoms with Crippen LogP contribution in [0, 0.1) is 10.1 Å². The number of nitrogens with zero attached hydrogens (tertiary/aromatic N) is 1. The highest BCUT2D eigenvalue weighted by Gasteiger charge is 2.07. The van der Waals surface area contributed by atoms with Crippen molar-refractivity contribution in [1.29, 1.82) is 0 Å². The molecule has 0 heterocycles. The normalized spacial score (nSPS) is 10.1. The third kappa shape index (κ3) is 3.55. The summed E-state index contributed by atoms with van der Waals surface area (Å²) in [5, 5.41) is 10.1. The maximum Gasteiger partial charge on any atom is 0.269 e. The predicted molar refractivity (Wildman–Crippen MR) is 74.1 cm³/mol. The summed E-state index contributed by atoms with van der Waals surface area (Å²) >= 11 is 5.38. The highest BCUT2D eigenvalue weighted by Crippen LogP contribution is 2.18. The summed E-state index contributed by atoms with van der Waals surface area (Å²) in [5.74, 6) is 0.475. The Morgan fingerprint density at radius 1 is 1.20 bits per heavy atom. The predicted octanol–water partition coefficient (Wildman–Crippen LogP) is 3.55. The van der Waals surface area contributed by atoms with E-state index in [1.807, 2.05) is 0 Å². The van der Waals surface area contributed by atoms with E-state index in [2.05, 4.69) is 0 Å². The monoisotopic (exact) mass is 291 g/mol. The summed E-state index contributed by atoms with van der Waals surface area (Å²) in [5.41, 5.74) is 1.01. The number of carbonyl (C=O) groups excluding carboxylic acids is 1. The van der Waals surface area contributed by atoms with E-state index in [0.29, 0.717) is 16.9 Å². The fourth-order valence-electron chi connectivity index (χ4n) is 1.63. The molecule has 102 valence electrons. The van der Waals surface area contributed by atoms with Gasteiger partial charge in [0.25, 0.3) is 10.9 Å². The number of benzene rings is 2. The van der Waals surface area contributed by atoms with Crippen molar-refractivity contribution >= 4 is 22.5 Å². The summed E-state index contributed by atoms with van der Waals surface area (Å²) in [7, 11) is 0. The minimum atomic E-state index is -0.564. The number of hydrogen-bond acceptors (Lipinski definition) is 4. The number of rotatable bonds is 5. The second kappa shape index (κ2) is 6.16. The molecule has 0 fully saturated rings. The molecule has 2 aromatic rings. The minimum absolute atomic E-state index is 0.00999. The maximum atomic E-state index is 11.0. The van der Waals surface area contributed by atoms with Crippen molar-refractivity contribution in [3.05, 3.63) is 69.8 Å². The maximum absolute atomic E-state index is 11.0. The lowest BCUT2D eigenvalue weighted by Crippen LogP contribution is -1.98.